The number of hydrogen-bond donors (Lipinski definition) is 0. The number of para-hydroxylation sites is 2. The fraction of sp³-hybridized carbons (Fsp3) is 0.375. The Bertz CT molecular complexity index is 1110. The number of ether oxygens (including phenoxy) is 1. The van der Waals surface area contributed by atoms with Gasteiger partial charge in [-0.2, -0.15) is 0 Å². The van der Waals surface area contributed by atoms with Crippen molar-refractivity contribution in [1.29, 1.82) is 0 Å². The normalized spacial score (nSPS) is 18.5. The summed E-state index contributed by atoms with van der Waals surface area (Å²) in [5, 5.41) is 0.591. The van der Waals surface area contributed by atoms with E-state index in [9.17, 15) is 9.59 Å². The third-order valence-electron chi connectivity index (χ3n) is 5.63. The van der Waals surface area contributed by atoms with Gasteiger partial charge in [-0.3, -0.25) is 14.5 Å². The minimum atomic E-state index is -1.00. The van der Waals surface area contributed by atoms with Gasteiger partial charge < -0.3 is 9.30 Å². The van der Waals surface area contributed by atoms with E-state index in [0.717, 1.165) is 23.0 Å². The first-order chi connectivity index (χ1) is 14.9. The van der Waals surface area contributed by atoms with Crippen molar-refractivity contribution in [3.8, 4) is 0 Å². The molecule has 0 N–H and O–H groups in total. The first kappa shape index (κ1) is 21.4. The Hall–Kier alpha value is -2.86. The number of anilines is 1. The van der Waals surface area contributed by atoms with Gasteiger partial charge in [-0.25, -0.2) is 4.98 Å². The second kappa shape index (κ2) is 8.71. The number of imidazole rings is 1. The van der Waals surface area contributed by atoms with Crippen LogP contribution in [0.1, 0.15) is 38.8 Å². The molecular formula is C24H26ClN3O3. The number of halogens is 1. The van der Waals surface area contributed by atoms with Gasteiger partial charge in [-0.05, 0) is 49.1 Å². The minimum absolute atomic E-state index is 0.208. The van der Waals surface area contributed by atoms with E-state index in [1.807, 2.05) is 41.0 Å². The smallest absolute Gasteiger partial charge is 0.321 e. The molecular weight excluding hydrogens is 414 g/mol. The summed E-state index contributed by atoms with van der Waals surface area (Å²) in [5.41, 5.74) is 2.46. The van der Waals surface area contributed by atoms with Gasteiger partial charge in [0.25, 0.3) is 0 Å². The lowest BCUT2D eigenvalue weighted by Gasteiger charge is -2.38. The van der Waals surface area contributed by atoms with Gasteiger partial charge in [-0.15, -0.1) is 0 Å². The first-order valence-electron chi connectivity index (χ1n) is 10.6. The van der Waals surface area contributed by atoms with Crippen LogP contribution in [0.3, 0.4) is 0 Å². The van der Waals surface area contributed by atoms with Crippen LogP contribution in [-0.2, 0) is 14.3 Å². The summed E-state index contributed by atoms with van der Waals surface area (Å²) in [6, 6.07) is 14.4. The fourth-order valence-corrected chi connectivity index (χ4v) is 4.23. The number of carbonyl (C=O) groups excluding carboxylic acids is 2. The molecule has 0 saturated carbocycles. The Kier molecular flexibility index (Phi) is 6.01. The van der Waals surface area contributed by atoms with Gasteiger partial charge in [-0.1, -0.05) is 49.7 Å². The Labute approximate surface area is 186 Å². The van der Waals surface area contributed by atoms with Gasteiger partial charge in [0.2, 0.25) is 11.9 Å². The molecule has 3 aromatic rings. The molecule has 0 radical (unpaired) electrons. The average Bonchev–Trinajstić information content (AvgIpc) is 3.12. The molecule has 1 aliphatic rings. The van der Waals surface area contributed by atoms with E-state index in [1.165, 1.54) is 0 Å². The standard InChI is InChI=1S/C24H26ClN3O3/c1-4-31-23(30)20-21(16-9-11-17(25)12-10-16)28-19-8-6-5-7-18(19)26-24(28)27(22(20)29)14-13-15(2)3/h5-12,15,20-21H,4,13-14H2,1-3H3/t20-,21+/m1/s1. The van der Waals surface area contributed by atoms with E-state index in [1.54, 1.807) is 24.0 Å². The van der Waals surface area contributed by atoms with Crippen LogP contribution < -0.4 is 4.90 Å². The van der Waals surface area contributed by atoms with Crippen LogP contribution >= 0.6 is 11.6 Å². The van der Waals surface area contributed by atoms with Gasteiger partial charge in [0, 0.05) is 11.6 Å². The maximum absolute atomic E-state index is 13.7. The Morgan fingerprint density at radius 3 is 2.55 bits per heavy atom. The zero-order valence-electron chi connectivity index (χ0n) is 17.9. The van der Waals surface area contributed by atoms with Crippen LogP contribution in [0, 0.1) is 11.8 Å². The molecule has 6 nitrogen and oxygen atoms in total. The van der Waals surface area contributed by atoms with Crippen LogP contribution in [0.5, 0.6) is 0 Å². The molecule has 4 rings (SSSR count). The zero-order valence-corrected chi connectivity index (χ0v) is 18.7. The van der Waals surface area contributed by atoms with Gasteiger partial charge in [0.1, 0.15) is 0 Å². The lowest BCUT2D eigenvalue weighted by molar-refractivity contribution is -0.153. The molecule has 31 heavy (non-hydrogen) atoms. The van der Waals surface area contributed by atoms with E-state index < -0.39 is 17.9 Å². The fourth-order valence-electron chi connectivity index (χ4n) is 4.11. The Balaban J connectivity index is 1.95. The van der Waals surface area contributed by atoms with Gasteiger partial charge >= 0.3 is 5.97 Å². The van der Waals surface area contributed by atoms with Crippen molar-refractivity contribution in [2.24, 2.45) is 11.8 Å². The van der Waals surface area contributed by atoms with Crippen LogP contribution in [0.4, 0.5) is 5.95 Å². The number of amides is 1. The first-order valence-corrected chi connectivity index (χ1v) is 11.0. The van der Waals surface area contributed by atoms with Gasteiger partial charge in [0.05, 0.1) is 23.7 Å². The van der Waals surface area contributed by atoms with Crippen molar-refractivity contribution in [3.05, 3.63) is 59.1 Å². The van der Waals surface area contributed by atoms with Crippen molar-refractivity contribution >= 4 is 40.5 Å². The second-order valence-corrected chi connectivity index (χ2v) is 8.61. The molecule has 7 heteroatoms. The zero-order chi connectivity index (χ0) is 22.1. The summed E-state index contributed by atoms with van der Waals surface area (Å²) in [6.07, 6.45) is 0.802. The Morgan fingerprint density at radius 1 is 1.16 bits per heavy atom. The third kappa shape index (κ3) is 3.92. The summed E-state index contributed by atoms with van der Waals surface area (Å²) >= 11 is 6.11. The quantitative estimate of drug-likeness (QED) is 0.406. The maximum atomic E-state index is 13.7. The summed E-state index contributed by atoms with van der Waals surface area (Å²) in [4.78, 5) is 33.2. The van der Waals surface area contributed by atoms with Crippen LogP contribution in [-0.4, -0.2) is 34.6 Å². The van der Waals surface area contributed by atoms with E-state index in [-0.39, 0.29) is 12.5 Å². The number of hydrogen-bond acceptors (Lipinski definition) is 4. The van der Waals surface area contributed by atoms with E-state index in [2.05, 4.69) is 13.8 Å². The number of esters is 1. The van der Waals surface area contributed by atoms with Crippen LogP contribution in [0.15, 0.2) is 48.5 Å². The number of rotatable bonds is 6. The molecule has 1 aromatic heterocycles. The molecule has 1 aliphatic heterocycles. The highest BCUT2D eigenvalue weighted by molar-refractivity contribution is 6.30. The maximum Gasteiger partial charge on any atom is 0.321 e. The monoisotopic (exact) mass is 439 g/mol. The summed E-state index contributed by atoms with van der Waals surface area (Å²) in [5.74, 6) is -0.835. The van der Waals surface area contributed by atoms with E-state index >= 15 is 0 Å². The topological polar surface area (TPSA) is 64.4 Å². The highest BCUT2D eigenvalue weighted by atomic mass is 35.5. The highest BCUT2D eigenvalue weighted by Crippen LogP contribution is 2.41. The van der Waals surface area contributed by atoms with Crippen molar-refractivity contribution in [1.82, 2.24) is 9.55 Å². The molecule has 2 aromatic carbocycles. The van der Waals surface area contributed by atoms with Crippen molar-refractivity contribution in [2.75, 3.05) is 18.1 Å². The largest absolute Gasteiger partial charge is 0.465 e. The second-order valence-electron chi connectivity index (χ2n) is 8.17. The molecule has 1 amide bonds. The van der Waals surface area contributed by atoms with Gasteiger partial charge in [0.15, 0.2) is 5.92 Å². The van der Waals surface area contributed by atoms with Crippen LogP contribution in [0.25, 0.3) is 11.0 Å². The lowest BCUT2D eigenvalue weighted by Crippen LogP contribution is -2.50. The number of benzene rings is 2. The molecule has 0 aliphatic carbocycles. The van der Waals surface area contributed by atoms with Crippen molar-refractivity contribution in [2.45, 2.75) is 33.2 Å². The number of nitrogens with zero attached hydrogens (tertiary/aromatic N) is 3. The predicted octanol–water partition coefficient (Wildman–Crippen LogP) is 4.85. The molecule has 162 valence electrons. The van der Waals surface area contributed by atoms with E-state index in [0.29, 0.717) is 23.4 Å². The molecule has 0 bridgehead atoms. The number of carbonyl (C=O) groups is 2. The molecule has 0 fully saturated rings. The molecule has 0 unspecified atom stereocenters. The lowest BCUT2D eigenvalue weighted by atomic mass is 9.89. The molecule has 0 spiro atoms. The summed E-state index contributed by atoms with van der Waals surface area (Å²) in [6.45, 7) is 6.66. The summed E-state index contributed by atoms with van der Waals surface area (Å²) in [7, 11) is 0. The third-order valence-corrected chi connectivity index (χ3v) is 5.88. The van der Waals surface area contributed by atoms with Crippen LogP contribution in [0.2, 0.25) is 5.02 Å². The minimum Gasteiger partial charge on any atom is -0.465 e. The SMILES string of the molecule is CCOC(=O)[C@H]1C(=O)N(CCC(C)C)c2nc3ccccc3n2[C@H]1c1ccc(Cl)cc1. The number of aromatic nitrogens is 2. The molecule has 0 saturated heterocycles. The average molecular weight is 440 g/mol. The molecule has 2 heterocycles. The summed E-state index contributed by atoms with van der Waals surface area (Å²) < 4.78 is 7.36. The molecule has 2 atom stereocenters. The predicted molar refractivity (Wildman–Crippen MR) is 121 cm³/mol. The number of fused-ring (bicyclic) bond motifs is 3. The van der Waals surface area contributed by atoms with Crippen molar-refractivity contribution in [3.63, 3.8) is 0 Å². The highest BCUT2D eigenvalue weighted by Gasteiger charge is 2.47. The Morgan fingerprint density at radius 2 is 1.87 bits per heavy atom. The van der Waals surface area contributed by atoms with Crippen molar-refractivity contribution < 1.29 is 14.3 Å². The van der Waals surface area contributed by atoms with E-state index in [4.69, 9.17) is 21.3 Å².